The number of aromatic nitrogens is 1. The van der Waals surface area contributed by atoms with E-state index in [0.717, 1.165) is 18.4 Å². The number of ether oxygens (including phenoxy) is 1. The molecular formula is C20H22N2O3S. The molecule has 4 rings (SSSR count). The van der Waals surface area contributed by atoms with Gasteiger partial charge in [0.15, 0.2) is 0 Å². The van der Waals surface area contributed by atoms with E-state index in [1.165, 1.54) is 29.3 Å². The van der Waals surface area contributed by atoms with E-state index >= 15 is 0 Å². The summed E-state index contributed by atoms with van der Waals surface area (Å²) in [7, 11) is -2.15. The van der Waals surface area contributed by atoms with Gasteiger partial charge >= 0.3 is 0 Å². The molecule has 2 aromatic carbocycles. The molecule has 0 bridgehead atoms. The molecule has 1 aliphatic carbocycles. The van der Waals surface area contributed by atoms with Gasteiger partial charge in [-0.15, -0.1) is 0 Å². The molecule has 6 heteroatoms. The van der Waals surface area contributed by atoms with Gasteiger partial charge < -0.3 is 9.72 Å². The number of para-hydroxylation sites is 1. The van der Waals surface area contributed by atoms with E-state index in [4.69, 9.17) is 4.74 Å². The normalized spacial score (nSPS) is 17.2. The minimum Gasteiger partial charge on any atom is -0.495 e. The van der Waals surface area contributed by atoms with E-state index < -0.39 is 10.0 Å². The Balaban J connectivity index is 1.63. The predicted molar refractivity (Wildman–Crippen MR) is 102 cm³/mol. The standard InChI is InChI=1S/C20H22N2O3S/c1-13-7-9-17-15(11-13)16-12-14(8-10-18(16)21-17)22-26(23,24)20-6-4-3-5-19(20)25-2/h3-7,9,11,14,21-22H,8,10,12H2,1-2H3. The molecule has 1 atom stereocenters. The molecule has 0 spiro atoms. The Hall–Kier alpha value is -2.31. The van der Waals surface area contributed by atoms with E-state index in [2.05, 4.69) is 34.8 Å². The van der Waals surface area contributed by atoms with Gasteiger partial charge in [0.25, 0.3) is 0 Å². The van der Waals surface area contributed by atoms with E-state index in [-0.39, 0.29) is 10.9 Å². The van der Waals surface area contributed by atoms with Crippen molar-refractivity contribution in [2.24, 2.45) is 0 Å². The summed E-state index contributed by atoms with van der Waals surface area (Å²) in [5, 5.41) is 1.20. The first kappa shape index (κ1) is 17.1. The van der Waals surface area contributed by atoms with E-state index in [1.807, 2.05) is 0 Å². The van der Waals surface area contributed by atoms with Gasteiger partial charge in [0, 0.05) is 22.6 Å². The zero-order chi connectivity index (χ0) is 18.3. The van der Waals surface area contributed by atoms with Crippen LogP contribution in [0.25, 0.3) is 10.9 Å². The Kier molecular flexibility index (Phi) is 4.25. The fourth-order valence-electron chi connectivity index (χ4n) is 3.76. The highest BCUT2D eigenvalue weighted by Crippen LogP contribution is 2.31. The van der Waals surface area contributed by atoms with Crippen molar-refractivity contribution in [2.45, 2.75) is 37.1 Å². The number of benzene rings is 2. The van der Waals surface area contributed by atoms with Crippen LogP contribution in [0.1, 0.15) is 23.2 Å². The smallest absolute Gasteiger partial charge is 0.244 e. The first-order valence-corrected chi connectivity index (χ1v) is 10.2. The van der Waals surface area contributed by atoms with Crippen LogP contribution in [-0.2, 0) is 22.9 Å². The molecule has 1 aliphatic rings. The van der Waals surface area contributed by atoms with E-state index in [9.17, 15) is 8.42 Å². The third kappa shape index (κ3) is 2.99. The predicted octanol–water partition coefficient (Wildman–Crippen LogP) is 3.32. The van der Waals surface area contributed by atoms with Gasteiger partial charge in [0.2, 0.25) is 10.0 Å². The molecule has 136 valence electrons. The molecule has 26 heavy (non-hydrogen) atoms. The van der Waals surface area contributed by atoms with Crippen molar-refractivity contribution < 1.29 is 13.2 Å². The van der Waals surface area contributed by atoms with Crippen LogP contribution in [0.5, 0.6) is 5.75 Å². The highest BCUT2D eigenvalue weighted by molar-refractivity contribution is 7.89. The summed E-state index contributed by atoms with van der Waals surface area (Å²) in [5.41, 5.74) is 4.77. The lowest BCUT2D eigenvalue weighted by Crippen LogP contribution is -2.38. The Morgan fingerprint density at radius 1 is 1.19 bits per heavy atom. The lowest BCUT2D eigenvalue weighted by atomic mass is 9.92. The van der Waals surface area contributed by atoms with Gasteiger partial charge in [-0.05, 0) is 56.0 Å². The van der Waals surface area contributed by atoms with Crippen LogP contribution in [0.4, 0.5) is 0 Å². The van der Waals surface area contributed by atoms with Crippen molar-refractivity contribution in [3.8, 4) is 5.75 Å². The number of methoxy groups -OCH3 is 1. The highest BCUT2D eigenvalue weighted by atomic mass is 32.2. The highest BCUT2D eigenvalue weighted by Gasteiger charge is 2.28. The van der Waals surface area contributed by atoms with Crippen LogP contribution in [0.15, 0.2) is 47.4 Å². The molecule has 1 heterocycles. The summed E-state index contributed by atoms with van der Waals surface area (Å²) in [6.45, 7) is 2.07. The molecule has 0 fully saturated rings. The zero-order valence-corrected chi connectivity index (χ0v) is 15.7. The van der Waals surface area contributed by atoms with Crippen molar-refractivity contribution in [1.82, 2.24) is 9.71 Å². The Bertz CT molecular complexity index is 1070. The third-order valence-electron chi connectivity index (χ3n) is 5.02. The van der Waals surface area contributed by atoms with Gasteiger partial charge in [0.05, 0.1) is 7.11 Å². The van der Waals surface area contributed by atoms with Gasteiger partial charge in [-0.3, -0.25) is 0 Å². The average molecular weight is 370 g/mol. The van der Waals surface area contributed by atoms with Crippen LogP contribution < -0.4 is 9.46 Å². The molecule has 3 aromatic rings. The fraction of sp³-hybridized carbons (Fsp3) is 0.300. The first-order chi connectivity index (χ1) is 12.5. The van der Waals surface area contributed by atoms with Crippen LogP contribution in [0.2, 0.25) is 0 Å². The van der Waals surface area contributed by atoms with Crippen LogP contribution in [0, 0.1) is 6.92 Å². The van der Waals surface area contributed by atoms with Crippen molar-refractivity contribution in [2.75, 3.05) is 7.11 Å². The van der Waals surface area contributed by atoms with E-state index in [1.54, 1.807) is 24.3 Å². The van der Waals surface area contributed by atoms with Crippen molar-refractivity contribution >= 4 is 20.9 Å². The molecule has 0 aliphatic heterocycles. The maximum atomic E-state index is 12.8. The molecule has 1 aromatic heterocycles. The summed E-state index contributed by atoms with van der Waals surface area (Å²) in [6.07, 6.45) is 2.29. The summed E-state index contributed by atoms with van der Waals surface area (Å²) >= 11 is 0. The van der Waals surface area contributed by atoms with E-state index in [0.29, 0.717) is 12.2 Å². The monoisotopic (exact) mass is 370 g/mol. The van der Waals surface area contributed by atoms with Crippen molar-refractivity contribution in [3.63, 3.8) is 0 Å². The number of aryl methyl sites for hydroxylation is 2. The number of hydrogen-bond acceptors (Lipinski definition) is 3. The summed E-state index contributed by atoms with van der Waals surface area (Å²) in [5.74, 6) is 0.360. The molecule has 5 nitrogen and oxygen atoms in total. The van der Waals surface area contributed by atoms with Gasteiger partial charge in [-0.1, -0.05) is 23.8 Å². The Morgan fingerprint density at radius 2 is 2.00 bits per heavy atom. The quantitative estimate of drug-likeness (QED) is 0.740. The van der Waals surface area contributed by atoms with Crippen LogP contribution in [0.3, 0.4) is 0 Å². The summed E-state index contributed by atoms with van der Waals surface area (Å²) in [6, 6.07) is 12.9. The maximum Gasteiger partial charge on any atom is 0.244 e. The number of nitrogens with one attached hydrogen (secondary N) is 2. The second kappa shape index (κ2) is 6.45. The molecule has 2 N–H and O–H groups in total. The number of aromatic amines is 1. The first-order valence-electron chi connectivity index (χ1n) is 8.73. The maximum absolute atomic E-state index is 12.8. The number of rotatable bonds is 4. The number of fused-ring (bicyclic) bond motifs is 3. The molecule has 0 amide bonds. The Morgan fingerprint density at radius 3 is 2.81 bits per heavy atom. The van der Waals surface area contributed by atoms with Crippen molar-refractivity contribution in [3.05, 3.63) is 59.3 Å². The number of H-pyrrole nitrogens is 1. The molecule has 0 saturated heterocycles. The number of sulfonamides is 1. The molecule has 0 radical (unpaired) electrons. The zero-order valence-electron chi connectivity index (χ0n) is 14.9. The fourth-order valence-corrected chi connectivity index (χ4v) is 5.20. The topological polar surface area (TPSA) is 71.2 Å². The SMILES string of the molecule is COc1ccccc1S(=O)(=O)NC1CCc2[nH]c3ccc(C)cc3c2C1. The van der Waals surface area contributed by atoms with Gasteiger partial charge in [0.1, 0.15) is 10.6 Å². The third-order valence-corrected chi connectivity index (χ3v) is 6.58. The lowest BCUT2D eigenvalue weighted by molar-refractivity contribution is 0.401. The Labute approximate surface area is 153 Å². The lowest BCUT2D eigenvalue weighted by Gasteiger charge is -2.24. The second-order valence-electron chi connectivity index (χ2n) is 6.84. The van der Waals surface area contributed by atoms with Crippen LogP contribution >= 0.6 is 0 Å². The second-order valence-corrected chi connectivity index (χ2v) is 8.53. The minimum absolute atomic E-state index is 0.128. The van der Waals surface area contributed by atoms with Crippen molar-refractivity contribution in [1.29, 1.82) is 0 Å². The van der Waals surface area contributed by atoms with Gasteiger partial charge in [-0.25, -0.2) is 13.1 Å². The average Bonchev–Trinajstić information content (AvgIpc) is 2.98. The number of hydrogen-bond donors (Lipinski definition) is 2. The summed E-state index contributed by atoms with van der Waals surface area (Å²) < 4.78 is 33.8. The largest absolute Gasteiger partial charge is 0.495 e. The molecule has 0 saturated carbocycles. The van der Waals surface area contributed by atoms with Gasteiger partial charge in [-0.2, -0.15) is 0 Å². The minimum atomic E-state index is -3.63. The summed E-state index contributed by atoms with van der Waals surface area (Å²) in [4.78, 5) is 3.66. The van der Waals surface area contributed by atoms with Crippen LogP contribution in [-0.4, -0.2) is 26.6 Å². The molecular weight excluding hydrogens is 348 g/mol. The molecule has 1 unspecified atom stereocenters.